The smallest absolute Gasteiger partial charge is 0.329 e. The molecule has 15 nitrogen and oxygen atoms in total. The first-order valence-electron chi connectivity index (χ1n) is 24.6. The van der Waals surface area contributed by atoms with Gasteiger partial charge in [-0.3, -0.25) is 19.2 Å². The van der Waals surface area contributed by atoms with E-state index in [9.17, 15) is 34.2 Å². The Morgan fingerprint density at radius 1 is 0.955 bits per heavy atom. The first kappa shape index (κ1) is 54.1. The van der Waals surface area contributed by atoms with Gasteiger partial charge in [-0.2, -0.15) is 0 Å². The number of benzene rings is 1. The van der Waals surface area contributed by atoms with Crippen LogP contribution in [0.15, 0.2) is 53.6 Å². The van der Waals surface area contributed by atoms with Crippen LogP contribution in [0, 0.1) is 29.6 Å². The number of ketones is 2. The number of nitrogens with two attached hydrogens (primary N) is 1. The fraction of sp³-hybridized carbons (Fsp3) is 0.712. The number of hydrogen-bond acceptors (Lipinski definition) is 13. The Labute approximate surface area is 397 Å². The number of piperidine rings is 1. The van der Waals surface area contributed by atoms with Gasteiger partial charge in [0.05, 0.1) is 36.5 Å². The minimum Gasteiger partial charge on any atom is -0.456 e. The van der Waals surface area contributed by atoms with Crippen molar-refractivity contribution in [2.45, 2.75) is 179 Å². The summed E-state index contributed by atoms with van der Waals surface area (Å²) in [6, 6.07) is 7.43. The summed E-state index contributed by atoms with van der Waals surface area (Å²) in [6.07, 6.45) is 4.46. The second-order valence-electron chi connectivity index (χ2n) is 20.0. The molecule has 5 rings (SSSR count). The SMILES string of the molecule is CC[C@@H]1/C=C(\C)C[C@H](C)C[C@H](OC)[C@H]2O[C@@](O)(C(=O)C(=O)N3CCCC[C@H]3C(=O)O[C@H](/C(C)=C/[C@@H]3CC[C@H](NC(=O)[C@H](N)Cc4ccccc4)[C@H](OC)C3)[C@H](C)[C@@H](O)CC1=O)[C@H](C)C[C@@H]2OC. The topological polar surface area (TPSA) is 213 Å². The monoisotopic (exact) mass is 938 g/mol. The van der Waals surface area contributed by atoms with Crippen LogP contribution in [-0.4, -0.2) is 133 Å². The molecule has 5 N–H and O–H groups in total. The lowest BCUT2D eigenvalue weighted by molar-refractivity contribution is -0.302. The lowest BCUT2D eigenvalue weighted by atomic mass is 9.80. The number of aliphatic hydroxyl groups is 2. The normalized spacial score (nSPS) is 37.0. The van der Waals surface area contributed by atoms with Crippen molar-refractivity contribution in [2.75, 3.05) is 27.9 Å². The van der Waals surface area contributed by atoms with Gasteiger partial charge in [-0.25, -0.2) is 4.79 Å². The number of Topliss-reactive ketones (excluding diaryl/α,β-unsaturated/α-hetero) is 2. The summed E-state index contributed by atoms with van der Waals surface area (Å²) in [5.41, 5.74) is 8.91. The van der Waals surface area contributed by atoms with Gasteiger partial charge in [-0.05, 0) is 107 Å². The largest absolute Gasteiger partial charge is 0.456 e. The highest BCUT2D eigenvalue weighted by Crippen LogP contribution is 2.39. The van der Waals surface area contributed by atoms with Crippen LogP contribution in [0.1, 0.15) is 118 Å². The predicted octanol–water partition coefficient (Wildman–Crippen LogP) is 5.17. The van der Waals surface area contributed by atoms with Gasteiger partial charge in [0.15, 0.2) is 0 Å². The number of ether oxygens (including phenoxy) is 5. The summed E-state index contributed by atoms with van der Waals surface area (Å²) in [7, 11) is 4.67. The molecule has 0 radical (unpaired) electrons. The summed E-state index contributed by atoms with van der Waals surface area (Å²) in [4.78, 5) is 71.7. The number of allylic oxidation sites excluding steroid dienone is 3. The number of esters is 1. The highest BCUT2D eigenvalue weighted by Gasteiger charge is 2.56. The lowest BCUT2D eigenvalue weighted by Gasteiger charge is -2.47. The van der Waals surface area contributed by atoms with Crippen molar-refractivity contribution < 1.29 is 57.9 Å². The highest BCUT2D eigenvalue weighted by atomic mass is 16.7. The standard InChI is InChI=1S/C52H79N3O12/c1-10-37-23-30(2)22-31(3)24-44(64-8)47-45(65-9)26-33(5)52(62,67-47)48(58)50(60)55-21-15-14-18-40(55)51(61)66-46(34(6)41(56)29-42(37)57)32(4)25-36-19-20-39(43(28-36)63-7)54-49(59)38(53)27-35-16-12-11-13-17-35/h11-13,16-17,23,25,31,33-34,36-41,43-47,56,62H,10,14-15,18-22,24,26-29,53H2,1-9H3,(H,54,59)/b30-23+,32-25+/t31-,33+,34+,36-,37+,38+,39-,40-,41-,43+,44-,45-,46+,47+,52+/m0/s1. The minimum absolute atomic E-state index is 0.0170. The minimum atomic E-state index is -2.53. The van der Waals surface area contributed by atoms with Gasteiger partial charge in [0, 0.05) is 52.0 Å². The van der Waals surface area contributed by atoms with E-state index in [1.807, 2.05) is 70.2 Å². The maximum Gasteiger partial charge on any atom is 0.329 e. The molecule has 3 aliphatic heterocycles. The Hall–Kier alpha value is -3.83. The van der Waals surface area contributed by atoms with Crippen LogP contribution in [0.2, 0.25) is 0 Å². The van der Waals surface area contributed by atoms with Crippen LogP contribution < -0.4 is 11.1 Å². The molecular formula is C52H79N3O12. The number of nitrogens with zero attached hydrogens (tertiary/aromatic N) is 1. The summed E-state index contributed by atoms with van der Waals surface area (Å²) in [6.45, 7) is 11.2. The third-order valence-electron chi connectivity index (χ3n) is 14.9. The third kappa shape index (κ3) is 13.5. The fourth-order valence-electron chi connectivity index (χ4n) is 10.8. The van der Waals surface area contributed by atoms with Gasteiger partial charge in [0.1, 0.15) is 24.0 Å². The zero-order valence-corrected chi connectivity index (χ0v) is 41.3. The molecule has 0 unspecified atom stereocenters. The van der Waals surface area contributed by atoms with E-state index >= 15 is 0 Å². The number of carbonyl (C=O) groups is 5. The third-order valence-corrected chi connectivity index (χ3v) is 14.9. The molecule has 15 atom stereocenters. The van der Waals surface area contributed by atoms with Crippen molar-refractivity contribution >= 4 is 29.4 Å². The first-order valence-corrected chi connectivity index (χ1v) is 24.6. The van der Waals surface area contributed by atoms with E-state index in [2.05, 4.69) is 5.32 Å². The Balaban J connectivity index is 1.45. The number of carbonyl (C=O) groups excluding carboxylic acids is 5. The van der Waals surface area contributed by atoms with Crippen LogP contribution >= 0.6 is 0 Å². The van der Waals surface area contributed by atoms with Crippen molar-refractivity contribution in [2.24, 2.45) is 35.3 Å². The molecule has 15 heteroatoms. The maximum absolute atomic E-state index is 14.5. The van der Waals surface area contributed by atoms with Crippen molar-refractivity contribution in [3.05, 3.63) is 59.2 Å². The van der Waals surface area contributed by atoms with Gasteiger partial charge in [-0.15, -0.1) is 0 Å². The number of amides is 2. The number of nitrogens with one attached hydrogen (secondary N) is 1. The number of hydrogen-bond donors (Lipinski definition) is 4. The van der Waals surface area contributed by atoms with Crippen LogP contribution in [0.3, 0.4) is 0 Å². The zero-order chi connectivity index (χ0) is 49.2. The van der Waals surface area contributed by atoms with Crippen LogP contribution in [0.4, 0.5) is 0 Å². The molecule has 374 valence electrons. The Kier molecular flexibility index (Phi) is 19.9. The quantitative estimate of drug-likeness (QED) is 0.136. The maximum atomic E-state index is 14.5. The molecule has 1 aromatic carbocycles. The number of aliphatic hydroxyl groups excluding tert-OH is 1. The molecule has 67 heavy (non-hydrogen) atoms. The lowest BCUT2D eigenvalue weighted by Crippen LogP contribution is -2.64. The average molecular weight is 938 g/mol. The summed E-state index contributed by atoms with van der Waals surface area (Å²) < 4.78 is 30.3. The van der Waals surface area contributed by atoms with Gasteiger partial charge < -0.3 is 49.8 Å². The molecule has 3 heterocycles. The predicted molar refractivity (Wildman–Crippen MR) is 252 cm³/mol. The van der Waals surface area contributed by atoms with E-state index in [1.165, 1.54) is 19.1 Å². The van der Waals surface area contributed by atoms with Gasteiger partial charge in [0.2, 0.25) is 11.7 Å². The summed E-state index contributed by atoms with van der Waals surface area (Å²) in [5.74, 6) is -8.02. The first-order chi connectivity index (χ1) is 31.8. The molecule has 3 fully saturated rings. The molecule has 1 saturated carbocycles. The number of fused-ring (bicyclic) bond motifs is 3. The van der Waals surface area contributed by atoms with Gasteiger partial charge in [-0.1, -0.05) is 75.8 Å². The summed E-state index contributed by atoms with van der Waals surface area (Å²) in [5, 5.41) is 27.1. The molecule has 1 aliphatic carbocycles. The van der Waals surface area contributed by atoms with Crippen molar-refractivity contribution in [1.82, 2.24) is 10.2 Å². The molecule has 2 saturated heterocycles. The van der Waals surface area contributed by atoms with Gasteiger partial charge in [0.25, 0.3) is 11.7 Å². The van der Waals surface area contributed by atoms with Crippen molar-refractivity contribution in [1.29, 1.82) is 0 Å². The number of methoxy groups -OCH3 is 3. The van der Waals surface area contributed by atoms with Crippen molar-refractivity contribution in [3.8, 4) is 0 Å². The Bertz CT molecular complexity index is 1910. The Morgan fingerprint density at radius 2 is 1.63 bits per heavy atom. The van der Waals surface area contributed by atoms with Crippen LogP contribution in [0.5, 0.6) is 0 Å². The van der Waals surface area contributed by atoms with E-state index in [-0.39, 0.29) is 61.5 Å². The van der Waals surface area contributed by atoms with Crippen LogP contribution in [0.25, 0.3) is 0 Å². The molecule has 4 aliphatic rings. The second-order valence-corrected chi connectivity index (χ2v) is 20.0. The average Bonchev–Trinajstić information content (AvgIpc) is 3.31. The van der Waals surface area contributed by atoms with E-state index in [4.69, 9.17) is 29.4 Å². The number of rotatable bonds is 10. The molecular weight excluding hydrogens is 859 g/mol. The molecule has 1 aromatic rings. The second kappa shape index (κ2) is 24.6. The van der Waals surface area contributed by atoms with Gasteiger partial charge >= 0.3 is 5.97 Å². The zero-order valence-electron chi connectivity index (χ0n) is 41.3. The molecule has 0 aromatic heterocycles. The highest BCUT2D eigenvalue weighted by molar-refractivity contribution is 6.39. The molecule has 2 amide bonds. The van der Waals surface area contributed by atoms with E-state index in [0.717, 1.165) is 11.1 Å². The van der Waals surface area contributed by atoms with E-state index in [0.29, 0.717) is 63.4 Å². The van der Waals surface area contributed by atoms with E-state index in [1.54, 1.807) is 21.0 Å². The molecule has 2 bridgehead atoms. The van der Waals surface area contributed by atoms with Crippen LogP contribution in [-0.2, 0) is 54.1 Å². The Morgan fingerprint density at radius 3 is 2.28 bits per heavy atom. The fourth-order valence-corrected chi connectivity index (χ4v) is 10.8. The number of cyclic esters (lactones) is 1. The summed E-state index contributed by atoms with van der Waals surface area (Å²) >= 11 is 0. The molecule has 0 spiro atoms. The van der Waals surface area contributed by atoms with E-state index < -0.39 is 83.8 Å². The van der Waals surface area contributed by atoms with Crippen molar-refractivity contribution in [3.63, 3.8) is 0 Å².